The summed E-state index contributed by atoms with van der Waals surface area (Å²) in [6.07, 6.45) is 6.40. The third kappa shape index (κ3) is 6.29. The van der Waals surface area contributed by atoms with E-state index in [1.165, 1.54) is 17.7 Å². The molecule has 8 heteroatoms. The molecular formula is C25H28FN5O2. The SMILES string of the molecule is CCN=C1NC(=O)/C(=C/c2ccc(-n3cnc(C)c3)c(OC)c2)N1.CCc1ccc(F)cc1. The van der Waals surface area contributed by atoms with Gasteiger partial charge in [0.25, 0.3) is 5.91 Å². The van der Waals surface area contributed by atoms with Gasteiger partial charge in [-0.1, -0.05) is 25.1 Å². The monoisotopic (exact) mass is 449 g/mol. The summed E-state index contributed by atoms with van der Waals surface area (Å²) in [6.45, 7) is 6.49. The van der Waals surface area contributed by atoms with Crippen molar-refractivity contribution in [3.8, 4) is 11.4 Å². The van der Waals surface area contributed by atoms with Gasteiger partial charge in [-0.15, -0.1) is 0 Å². The average Bonchev–Trinajstić information content (AvgIpc) is 3.40. The fourth-order valence-electron chi connectivity index (χ4n) is 3.17. The van der Waals surface area contributed by atoms with Crippen LogP contribution in [-0.4, -0.2) is 35.1 Å². The lowest BCUT2D eigenvalue weighted by molar-refractivity contribution is -0.115. The Labute approximate surface area is 193 Å². The number of benzene rings is 2. The van der Waals surface area contributed by atoms with Gasteiger partial charge in [-0.05, 0) is 61.7 Å². The summed E-state index contributed by atoms with van der Waals surface area (Å²) >= 11 is 0. The summed E-state index contributed by atoms with van der Waals surface area (Å²) in [5.41, 5.74) is 4.30. The van der Waals surface area contributed by atoms with E-state index in [9.17, 15) is 9.18 Å². The molecule has 0 atom stereocenters. The first-order valence-electron chi connectivity index (χ1n) is 10.7. The maximum absolute atomic E-state index is 12.2. The maximum Gasteiger partial charge on any atom is 0.274 e. The summed E-state index contributed by atoms with van der Waals surface area (Å²) < 4.78 is 19.6. The molecule has 1 amide bonds. The van der Waals surface area contributed by atoms with Crippen LogP contribution in [0.1, 0.15) is 30.7 Å². The molecule has 1 aliphatic rings. The lowest BCUT2D eigenvalue weighted by Crippen LogP contribution is -2.25. The lowest BCUT2D eigenvalue weighted by Gasteiger charge is -2.10. The molecule has 2 aromatic carbocycles. The summed E-state index contributed by atoms with van der Waals surface area (Å²) in [5, 5.41) is 5.65. The number of methoxy groups -OCH3 is 1. The number of carbonyl (C=O) groups excluding carboxylic acids is 1. The van der Waals surface area contributed by atoms with Crippen molar-refractivity contribution in [2.24, 2.45) is 4.99 Å². The number of nitrogens with one attached hydrogen (secondary N) is 2. The standard InChI is InChI=1S/C17H19N5O2.C8H9F/c1-4-18-17-20-13(16(23)21-17)7-12-5-6-14(15(8-12)24-3)22-9-11(2)19-10-22;1-2-7-3-5-8(9)6-4-7/h5-10H,4H2,1-3H3,(H2,18,20,21,23);3-6H,2H2,1H3/b13-7-;. The number of nitrogens with zero attached hydrogens (tertiary/aromatic N) is 3. The number of rotatable bonds is 5. The summed E-state index contributed by atoms with van der Waals surface area (Å²) in [5.74, 6) is 0.816. The molecule has 1 saturated heterocycles. The van der Waals surface area contributed by atoms with Gasteiger partial charge in [-0.25, -0.2) is 9.37 Å². The fraction of sp³-hybridized carbons (Fsp3) is 0.240. The summed E-state index contributed by atoms with van der Waals surface area (Å²) in [6, 6.07) is 12.3. The van der Waals surface area contributed by atoms with Gasteiger partial charge in [0.1, 0.15) is 17.3 Å². The second kappa shape index (κ2) is 11.1. The van der Waals surface area contributed by atoms with Gasteiger partial charge in [0.2, 0.25) is 5.96 Å². The van der Waals surface area contributed by atoms with Crippen LogP contribution in [-0.2, 0) is 11.2 Å². The molecule has 1 aromatic heterocycles. The zero-order valence-electron chi connectivity index (χ0n) is 19.2. The third-order valence-corrected chi connectivity index (χ3v) is 4.87. The summed E-state index contributed by atoms with van der Waals surface area (Å²) in [4.78, 5) is 20.3. The molecule has 0 spiro atoms. The quantitative estimate of drug-likeness (QED) is 0.577. The minimum Gasteiger partial charge on any atom is -0.495 e. The predicted molar refractivity (Wildman–Crippen MR) is 128 cm³/mol. The van der Waals surface area contributed by atoms with Crippen molar-refractivity contribution in [1.29, 1.82) is 0 Å². The minimum absolute atomic E-state index is 0.160. The smallest absolute Gasteiger partial charge is 0.274 e. The number of hydrogen-bond donors (Lipinski definition) is 2. The molecule has 2 heterocycles. The van der Waals surface area contributed by atoms with Crippen molar-refractivity contribution in [2.45, 2.75) is 27.2 Å². The Hall–Kier alpha value is -3.94. The molecule has 1 fully saturated rings. The van der Waals surface area contributed by atoms with E-state index in [1.54, 1.807) is 31.6 Å². The van der Waals surface area contributed by atoms with E-state index in [-0.39, 0.29) is 11.7 Å². The second-order valence-corrected chi connectivity index (χ2v) is 7.29. The fourth-order valence-corrected chi connectivity index (χ4v) is 3.17. The van der Waals surface area contributed by atoms with E-state index < -0.39 is 0 Å². The van der Waals surface area contributed by atoms with Crippen molar-refractivity contribution >= 4 is 17.9 Å². The van der Waals surface area contributed by atoms with Crippen LogP contribution in [0, 0.1) is 12.7 Å². The van der Waals surface area contributed by atoms with Crippen LogP contribution in [0.5, 0.6) is 5.75 Å². The molecular weight excluding hydrogens is 421 g/mol. The number of carbonyl (C=O) groups is 1. The van der Waals surface area contributed by atoms with E-state index in [1.807, 2.05) is 49.7 Å². The molecule has 0 saturated carbocycles. The second-order valence-electron chi connectivity index (χ2n) is 7.29. The molecule has 0 radical (unpaired) electrons. The molecule has 0 aliphatic carbocycles. The first-order chi connectivity index (χ1) is 15.9. The van der Waals surface area contributed by atoms with Crippen LogP contribution >= 0.6 is 0 Å². The third-order valence-electron chi connectivity index (χ3n) is 4.87. The van der Waals surface area contributed by atoms with Gasteiger partial charge in [0, 0.05) is 12.7 Å². The number of imidazole rings is 1. The molecule has 0 unspecified atom stereocenters. The largest absolute Gasteiger partial charge is 0.495 e. The highest BCUT2D eigenvalue weighted by Gasteiger charge is 2.21. The zero-order valence-corrected chi connectivity index (χ0v) is 19.2. The van der Waals surface area contributed by atoms with E-state index >= 15 is 0 Å². The minimum atomic E-state index is -0.199. The van der Waals surface area contributed by atoms with Gasteiger partial charge in [0.05, 0.1) is 24.8 Å². The number of ether oxygens (including phenoxy) is 1. The van der Waals surface area contributed by atoms with Gasteiger partial charge in [0.15, 0.2) is 0 Å². The molecule has 172 valence electrons. The Morgan fingerprint density at radius 1 is 1.15 bits per heavy atom. The number of aryl methyl sites for hydroxylation is 2. The maximum atomic E-state index is 12.2. The van der Waals surface area contributed by atoms with Crippen LogP contribution in [0.25, 0.3) is 11.8 Å². The van der Waals surface area contributed by atoms with E-state index in [0.717, 1.165) is 23.4 Å². The number of guanidine groups is 1. The number of aromatic nitrogens is 2. The Kier molecular flexibility index (Phi) is 7.96. The molecule has 33 heavy (non-hydrogen) atoms. The van der Waals surface area contributed by atoms with Crippen LogP contribution in [0.2, 0.25) is 0 Å². The van der Waals surface area contributed by atoms with Gasteiger partial charge in [-0.3, -0.25) is 15.1 Å². The van der Waals surface area contributed by atoms with Crippen LogP contribution < -0.4 is 15.4 Å². The first kappa shape index (κ1) is 23.7. The molecule has 0 bridgehead atoms. The number of hydrogen-bond acceptors (Lipinski definition) is 4. The Bertz CT molecular complexity index is 1170. The molecule has 7 nitrogen and oxygen atoms in total. The lowest BCUT2D eigenvalue weighted by atomic mass is 10.1. The number of aliphatic imine (C=N–C) groups is 1. The number of amides is 1. The van der Waals surface area contributed by atoms with Crippen molar-refractivity contribution < 1.29 is 13.9 Å². The Balaban J connectivity index is 0.000000286. The zero-order chi connectivity index (χ0) is 23.8. The van der Waals surface area contributed by atoms with Crippen molar-refractivity contribution in [3.05, 3.63) is 83.3 Å². The highest BCUT2D eigenvalue weighted by atomic mass is 19.1. The molecule has 3 aromatic rings. The van der Waals surface area contributed by atoms with Gasteiger partial charge in [-0.2, -0.15) is 0 Å². The van der Waals surface area contributed by atoms with Crippen molar-refractivity contribution in [3.63, 3.8) is 0 Å². The topological polar surface area (TPSA) is 80.5 Å². The first-order valence-corrected chi connectivity index (χ1v) is 10.7. The van der Waals surface area contributed by atoms with Crippen molar-refractivity contribution in [2.75, 3.05) is 13.7 Å². The van der Waals surface area contributed by atoms with E-state index in [0.29, 0.717) is 24.0 Å². The molecule has 1 aliphatic heterocycles. The van der Waals surface area contributed by atoms with Gasteiger partial charge < -0.3 is 14.6 Å². The normalized spacial score (nSPS) is 15.1. The highest BCUT2D eigenvalue weighted by Crippen LogP contribution is 2.25. The highest BCUT2D eigenvalue weighted by molar-refractivity contribution is 6.15. The number of halogens is 1. The van der Waals surface area contributed by atoms with E-state index in [4.69, 9.17) is 4.74 Å². The van der Waals surface area contributed by atoms with Crippen LogP contribution in [0.3, 0.4) is 0 Å². The molecule has 2 N–H and O–H groups in total. The van der Waals surface area contributed by atoms with E-state index in [2.05, 4.69) is 20.6 Å². The molecule has 4 rings (SSSR count). The van der Waals surface area contributed by atoms with Crippen LogP contribution in [0.15, 0.2) is 65.7 Å². The predicted octanol–water partition coefficient (Wildman–Crippen LogP) is 4.01. The van der Waals surface area contributed by atoms with Gasteiger partial charge >= 0.3 is 0 Å². The summed E-state index contributed by atoms with van der Waals surface area (Å²) in [7, 11) is 1.62. The Morgan fingerprint density at radius 3 is 2.52 bits per heavy atom. The van der Waals surface area contributed by atoms with Crippen molar-refractivity contribution in [1.82, 2.24) is 20.2 Å². The Morgan fingerprint density at radius 2 is 1.91 bits per heavy atom. The average molecular weight is 450 g/mol. The van der Waals surface area contributed by atoms with Crippen LogP contribution in [0.4, 0.5) is 4.39 Å².